The monoisotopic (exact) mass is 433 g/mol. The molecule has 7 nitrogen and oxygen atoms in total. The van der Waals surface area contributed by atoms with Gasteiger partial charge in [0.05, 0.1) is 11.9 Å². The topological polar surface area (TPSA) is 86.8 Å². The van der Waals surface area contributed by atoms with Gasteiger partial charge >= 0.3 is 0 Å². The number of halogens is 1. The Bertz CT molecular complexity index is 1010. The van der Waals surface area contributed by atoms with Gasteiger partial charge in [-0.1, -0.05) is 24.3 Å². The Morgan fingerprint density at radius 2 is 1.73 bits per heavy atom. The van der Waals surface area contributed by atoms with Gasteiger partial charge in [-0.05, 0) is 41.8 Å². The lowest BCUT2D eigenvalue weighted by Gasteiger charge is -2.22. The smallest absolute Gasteiger partial charge is 0.241 e. The number of sulfonamides is 1. The molecule has 0 saturated carbocycles. The fourth-order valence-electron chi connectivity index (χ4n) is 3.25. The Balaban J connectivity index is 1.56. The molecule has 2 aromatic carbocycles. The van der Waals surface area contributed by atoms with E-state index in [1.165, 1.54) is 12.1 Å². The van der Waals surface area contributed by atoms with Crippen molar-refractivity contribution in [3.05, 3.63) is 65.5 Å². The summed E-state index contributed by atoms with van der Waals surface area (Å²) in [6.07, 6.45) is 2.49. The van der Waals surface area contributed by atoms with Crippen LogP contribution >= 0.6 is 0 Å². The van der Waals surface area contributed by atoms with E-state index in [0.29, 0.717) is 13.0 Å². The number of likely N-dealkylation sites (tertiary alicyclic amines) is 1. The molecule has 30 heavy (non-hydrogen) atoms. The average molecular weight is 434 g/mol. The van der Waals surface area contributed by atoms with Crippen molar-refractivity contribution in [2.75, 3.05) is 23.7 Å². The third-order valence-corrected chi connectivity index (χ3v) is 6.00. The molecule has 1 saturated heterocycles. The lowest BCUT2D eigenvalue weighted by molar-refractivity contribution is -0.128. The van der Waals surface area contributed by atoms with Crippen LogP contribution in [0.3, 0.4) is 0 Å². The lowest BCUT2D eigenvalue weighted by Crippen LogP contribution is -2.40. The average Bonchev–Trinajstić information content (AvgIpc) is 3.10. The SMILES string of the molecule is CS(=O)(=O)N(CC(=O)NCc1ccc(CN2CCCC2=O)cc1)c1ccc(F)cc1. The summed E-state index contributed by atoms with van der Waals surface area (Å²) in [6, 6.07) is 12.5. The highest BCUT2D eigenvalue weighted by molar-refractivity contribution is 7.92. The van der Waals surface area contributed by atoms with E-state index < -0.39 is 28.3 Å². The van der Waals surface area contributed by atoms with E-state index in [1.54, 1.807) is 0 Å². The molecular formula is C21H24FN3O4S. The molecule has 0 aromatic heterocycles. The maximum atomic E-state index is 13.1. The first-order valence-electron chi connectivity index (χ1n) is 9.58. The Labute approximate surface area is 175 Å². The van der Waals surface area contributed by atoms with Crippen LogP contribution in [0.15, 0.2) is 48.5 Å². The van der Waals surface area contributed by atoms with Gasteiger partial charge in [0.2, 0.25) is 21.8 Å². The van der Waals surface area contributed by atoms with Crippen molar-refractivity contribution in [2.24, 2.45) is 0 Å². The fraction of sp³-hybridized carbons (Fsp3) is 0.333. The summed E-state index contributed by atoms with van der Waals surface area (Å²) in [4.78, 5) is 25.9. The van der Waals surface area contributed by atoms with E-state index in [2.05, 4.69) is 5.32 Å². The normalized spacial score (nSPS) is 14.1. The van der Waals surface area contributed by atoms with Gasteiger partial charge in [-0.25, -0.2) is 12.8 Å². The minimum atomic E-state index is -3.71. The third kappa shape index (κ3) is 5.79. The van der Waals surface area contributed by atoms with E-state index >= 15 is 0 Å². The van der Waals surface area contributed by atoms with Gasteiger partial charge in [0.25, 0.3) is 0 Å². The molecule has 0 aliphatic carbocycles. The van der Waals surface area contributed by atoms with Crippen molar-refractivity contribution >= 4 is 27.5 Å². The van der Waals surface area contributed by atoms with Crippen molar-refractivity contribution in [1.82, 2.24) is 10.2 Å². The molecule has 160 valence electrons. The number of hydrogen-bond donors (Lipinski definition) is 1. The number of nitrogens with zero attached hydrogens (tertiary/aromatic N) is 2. The Hall–Kier alpha value is -2.94. The van der Waals surface area contributed by atoms with Gasteiger partial charge in [0, 0.05) is 26.1 Å². The minimum absolute atomic E-state index is 0.169. The largest absolute Gasteiger partial charge is 0.350 e. The van der Waals surface area contributed by atoms with E-state index in [1.807, 2.05) is 29.2 Å². The summed E-state index contributed by atoms with van der Waals surface area (Å²) >= 11 is 0. The van der Waals surface area contributed by atoms with E-state index in [-0.39, 0.29) is 18.1 Å². The fourth-order valence-corrected chi connectivity index (χ4v) is 4.10. The number of nitrogens with one attached hydrogen (secondary N) is 1. The van der Waals surface area contributed by atoms with Crippen molar-refractivity contribution < 1.29 is 22.4 Å². The second-order valence-corrected chi connectivity index (χ2v) is 9.16. The maximum absolute atomic E-state index is 13.1. The van der Waals surface area contributed by atoms with Gasteiger partial charge < -0.3 is 10.2 Å². The zero-order valence-corrected chi connectivity index (χ0v) is 17.5. The van der Waals surface area contributed by atoms with Crippen LogP contribution in [0, 0.1) is 5.82 Å². The first-order chi connectivity index (χ1) is 14.2. The van der Waals surface area contributed by atoms with Crippen molar-refractivity contribution in [1.29, 1.82) is 0 Å². The summed E-state index contributed by atoms with van der Waals surface area (Å²) in [6.45, 7) is 1.19. The third-order valence-electron chi connectivity index (χ3n) is 4.86. The zero-order valence-electron chi connectivity index (χ0n) is 16.7. The highest BCUT2D eigenvalue weighted by Crippen LogP contribution is 2.18. The summed E-state index contributed by atoms with van der Waals surface area (Å²) in [7, 11) is -3.71. The van der Waals surface area contributed by atoms with E-state index in [0.717, 1.165) is 46.8 Å². The standard InChI is InChI=1S/C21H24FN3O4S/c1-30(28,29)25(19-10-8-18(22)9-11-19)15-20(26)23-13-16-4-6-17(7-5-16)14-24-12-2-3-21(24)27/h4-11H,2-3,12-15H2,1H3,(H,23,26). The van der Waals surface area contributed by atoms with Crippen LogP contribution in [0.2, 0.25) is 0 Å². The zero-order chi connectivity index (χ0) is 21.7. The molecule has 0 spiro atoms. The molecule has 1 aliphatic rings. The molecular weight excluding hydrogens is 409 g/mol. The van der Waals surface area contributed by atoms with Crippen molar-refractivity contribution in [3.8, 4) is 0 Å². The second kappa shape index (κ2) is 9.25. The van der Waals surface area contributed by atoms with Crippen LogP contribution in [0.25, 0.3) is 0 Å². The van der Waals surface area contributed by atoms with Crippen LogP contribution in [0.4, 0.5) is 10.1 Å². The molecule has 0 bridgehead atoms. The number of hydrogen-bond acceptors (Lipinski definition) is 4. The van der Waals surface area contributed by atoms with E-state index in [4.69, 9.17) is 0 Å². The summed E-state index contributed by atoms with van der Waals surface area (Å²) in [5.41, 5.74) is 2.09. The summed E-state index contributed by atoms with van der Waals surface area (Å²) < 4.78 is 38.1. The van der Waals surface area contributed by atoms with Gasteiger partial charge in [0.15, 0.2) is 0 Å². The van der Waals surface area contributed by atoms with Crippen LogP contribution < -0.4 is 9.62 Å². The number of carbonyl (C=O) groups excluding carboxylic acids is 2. The Kier molecular flexibility index (Phi) is 6.71. The molecule has 2 amide bonds. The number of amides is 2. The van der Waals surface area contributed by atoms with Crippen molar-refractivity contribution in [2.45, 2.75) is 25.9 Å². The molecule has 1 heterocycles. The number of rotatable bonds is 8. The highest BCUT2D eigenvalue weighted by Gasteiger charge is 2.21. The predicted molar refractivity (Wildman–Crippen MR) is 112 cm³/mol. The molecule has 0 radical (unpaired) electrons. The predicted octanol–water partition coefficient (Wildman–Crippen LogP) is 2.03. The molecule has 1 fully saturated rings. The Morgan fingerprint density at radius 1 is 1.10 bits per heavy atom. The van der Waals surface area contributed by atoms with Crippen molar-refractivity contribution in [3.63, 3.8) is 0 Å². The number of benzene rings is 2. The molecule has 1 aliphatic heterocycles. The molecule has 1 N–H and O–H groups in total. The van der Waals surface area contributed by atoms with Gasteiger partial charge in [0.1, 0.15) is 12.4 Å². The first kappa shape index (κ1) is 21.8. The summed E-state index contributed by atoms with van der Waals surface area (Å²) in [5.74, 6) is -0.798. The highest BCUT2D eigenvalue weighted by atomic mass is 32.2. The molecule has 9 heteroatoms. The van der Waals surface area contributed by atoms with Crippen LogP contribution in [0.1, 0.15) is 24.0 Å². The van der Waals surface area contributed by atoms with Crippen LogP contribution in [-0.4, -0.2) is 44.5 Å². The molecule has 0 atom stereocenters. The van der Waals surface area contributed by atoms with Crippen LogP contribution in [0.5, 0.6) is 0 Å². The number of carbonyl (C=O) groups is 2. The van der Waals surface area contributed by atoms with Crippen LogP contribution in [-0.2, 0) is 32.7 Å². The second-order valence-electron chi connectivity index (χ2n) is 7.26. The number of anilines is 1. The molecule has 0 unspecified atom stereocenters. The molecule has 3 rings (SSSR count). The maximum Gasteiger partial charge on any atom is 0.241 e. The van der Waals surface area contributed by atoms with Gasteiger partial charge in [-0.15, -0.1) is 0 Å². The lowest BCUT2D eigenvalue weighted by atomic mass is 10.1. The molecule has 2 aromatic rings. The van der Waals surface area contributed by atoms with E-state index in [9.17, 15) is 22.4 Å². The quantitative estimate of drug-likeness (QED) is 0.690. The first-order valence-corrected chi connectivity index (χ1v) is 11.4. The van der Waals surface area contributed by atoms with Gasteiger partial charge in [-0.3, -0.25) is 13.9 Å². The minimum Gasteiger partial charge on any atom is -0.350 e. The Morgan fingerprint density at radius 3 is 2.30 bits per heavy atom. The van der Waals surface area contributed by atoms with Gasteiger partial charge in [-0.2, -0.15) is 0 Å². The summed E-state index contributed by atoms with van der Waals surface area (Å²) in [5, 5.41) is 2.70.